The van der Waals surface area contributed by atoms with Gasteiger partial charge in [-0.15, -0.1) is 0 Å². The Bertz CT molecular complexity index is 1780. The van der Waals surface area contributed by atoms with Gasteiger partial charge in [0.2, 0.25) is 5.78 Å². The van der Waals surface area contributed by atoms with Crippen LogP contribution >= 0.6 is 0 Å². The van der Waals surface area contributed by atoms with E-state index in [1.165, 1.54) is 13.2 Å². The molecular formula is C29H29F2N5O5S. The van der Waals surface area contributed by atoms with Crippen LogP contribution in [0.1, 0.15) is 34.8 Å². The van der Waals surface area contributed by atoms with E-state index in [0.29, 0.717) is 36.1 Å². The summed E-state index contributed by atoms with van der Waals surface area (Å²) >= 11 is 0. The molecule has 2 aromatic carbocycles. The summed E-state index contributed by atoms with van der Waals surface area (Å²) in [4.78, 5) is 34.0. The molecule has 2 aromatic heterocycles. The van der Waals surface area contributed by atoms with Crippen molar-refractivity contribution in [1.29, 1.82) is 0 Å². The van der Waals surface area contributed by atoms with Crippen molar-refractivity contribution in [3.05, 3.63) is 83.2 Å². The summed E-state index contributed by atoms with van der Waals surface area (Å²) in [7, 11) is -2.82. The predicted molar refractivity (Wildman–Crippen MR) is 153 cm³/mol. The Balaban J connectivity index is 1.41. The first-order valence-electron chi connectivity index (χ1n) is 13.3. The number of anilines is 1. The number of ketones is 1. The highest BCUT2D eigenvalue weighted by Gasteiger charge is 2.28. The van der Waals surface area contributed by atoms with Gasteiger partial charge in [0, 0.05) is 55.6 Å². The molecule has 0 bridgehead atoms. The molecule has 1 atom stereocenters. The molecule has 10 nitrogen and oxygen atoms in total. The van der Waals surface area contributed by atoms with Crippen LogP contribution in [0, 0.1) is 17.6 Å². The third-order valence-corrected chi connectivity index (χ3v) is 9.06. The van der Waals surface area contributed by atoms with E-state index in [-0.39, 0.29) is 18.0 Å². The molecule has 3 N–H and O–H groups in total. The Morgan fingerprint density at radius 1 is 1.17 bits per heavy atom. The van der Waals surface area contributed by atoms with E-state index in [9.17, 15) is 27.5 Å². The molecule has 4 aromatic rings. The summed E-state index contributed by atoms with van der Waals surface area (Å²) in [5.74, 6) is -4.56. The number of carboxylic acids is 1. The normalized spacial score (nSPS) is 15.9. The maximum atomic E-state index is 15.4. The molecule has 220 valence electrons. The number of nitrogens with zero attached hydrogens (tertiary/aromatic N) is 3. The zero-order chi connectivity index (χ0) is 30.2. The van der Waals surface area contributed by atoms with Crippen molar-refractivity contribution in [2.24, 2.45) is 5.92 Å². The van der Waals surface area contributed by atoms with Crippen LogP contribution in [0.25, 0.3) is 22.2 Å². The van der Waals surface area contributed by atoms with Gasteiger partial charge in [0.1, 0.15) is 11.5 Å². The molecule has 0 aliphatic carbocycles. The van der Waals surface area contributed by atoms with Crippen LogP contribution in [-0.2, 0) is 21.5 Å². The number of aromatic amines is 1. The minimum absolute atomic E-state index is 0.0264. The molecule has 1 aliphatic rings. The highest BCUT2D eigenvalue weighted by molar-refractivity contribution is 7.90. The van der Waals surface area contributed by atoms with E-state index in [1.807, 2.05) is 24.3 Å². The number of carbonyl (C=O) groups is 2. The van der Waals surface area contributed by atoms with Crippen LogP contribution in [0.4, 0.5) is 14.5 Å². The van der Waals surface area contributed by atoms with Crippen LogP contribution in [-0.4, -0.2) is 71.1 Å². The summed E-state index contributed by atoms with van der Waals surface area (Å²) in [6.07, 6.45) is 3.55. The number of aromatic nitrogens is 2. The quantitative estimate of drug-likeness (QED) is 0.233. The molecule has 0 radical (unpaired) electrons. The molecule has 1 unspecified atom stereocenters. The van der Waals surface area contributed by atoms with Gasteiger partial charge in [0.05, 0.1) is 17.2 Å². The van der Waals surface area contributed by atoms with Crippen LogP contribution in [0.3, 0.4) is 0 Å². The Morgan fingerprint density at radius 2 is 1.90 bits per heavy atom. The molecule has 0 spiro atoms. The molecule has 1 aliphatic heterocycles. The van der Waals surface area contributed by atoms with Crippen molar-refractivity contribution in [2.75, 3.05) is 31.4 Å². The van der Waals surface area contributed by atoms with E-state index in [1.54, 1.807) is 19.2 Å². The third kappa shape index (κ3) is 5.75. The fourth-order valence-corrected chi connectivity index (χ4v) is 5.88. The monoisotopic (exact) mass is 597 g/mol. The van der Waals surface area contributed by atoms with Crippen LogP contribution in [0.2, 0.25) is 0 Å². The lowest BCUT2D eigenvalue weighted by atomic mass is 9.99. The zero-order valence-corrected chi connectivity index (χ0v) is 23.7. The highest BCUT2D eigenvalue weighted by atomic mass is 32.2. The number of pyridine rings is 1. The van der Waals surface area contributed by atoms with Gasteiger partial charge in [0.15, 0.2) is 5.82 Å². The van der Waals surface area contributed by atoms with Crippen molar-refractivity contribution < 1.29 is 31.9 Å². The number of fused-ring (bicyclic) bond motifs is 1. The number of likely N-dealkylation sites (tertiary alicyclic amines) is 1. The largest absolute Gasteiger partial charge is 0.481 e. The van der Waals surface area contributed by atoms with Gasteiger partial charge in [0.25, 0.3) is 0 Å². The molecule has 5 rings (SSSR count). The molecule has 0 amide bonds. The summed E-state index contributed by atoms with van der Waals surface area (Å²) < 4.78 is 58.0. The van der Waals surface area contributed by atoms with Crippen LogP contribution in [0.15, 0.2) is 54.9 Å². The summed E-state index contributed by atoms with van der Waals surface area (Å²) in [6, 6.07) is 11.1. The van der Waals surface area contributed by atoms with E-state index < -0.39 is 44.8 Å². The van der Waals surface area contributed by atoms with Crippen molar-refractivity contribution in [3.8, 4) is 11.1 Å². The van der Waals surface area contributed by atoms with E-state index in [4.69, 9.17) is 0 Å². The number of carbonyl (C=O) groups excluding carboxylic acids is 1. The van der Waals surface area contributed by atoms with E-state index >= 15 is 4.39 Å². The van der Waals surface area contributed by atoms with Gasteiger partial charge in [-0.3, -0.25) is 19.2 Å². The Labute approximate surface area is 241 Å². The molecular weight excluding hydrogens is 568 g/mol. The minimum atomic E-state index is -4.11. The molecule has 3 heterocycles. The average molecular weight is 598 g/mol. The predicted octanol–water partition coefficient (Wildman–Crippen LogP) is 4.25. The van der Waals surface area contributed by atoms with Gasteiger partial charge < -0.3 is 10.1 Å². The standard InChI is InChI=1S/C29H29F2N5O5S/c1-3-35(2)42(40,41)34-24-9-8-23(30)25(26(24)31)27(37)22-14-33-28-21(22)12-20(13-32-28)18-6-4-17(5-7-18)15-36-11-10-19(16-36)29(38)39/h4-9,12-14,19,34H,3,10-11,15-16H2,1-2H3,(H,32,33)(H,38,39). The Morgan fingerprint density at radius 3 is 2.57 bits per heavy atom. The fraction of sp³-hybridized carbons (Fsp3) is 0.276. The van der Waals surface area contributed by atoms with Crippen LogP contribution < -0.4 is 4.72 Å². The van der Waals surface area contributed by atoms with Gasteiger partial charge in [-0.25, -0.2) is 13.8 Å². The number of H-pyrrole nitrogens is 1. The Kier molecular flexibility index (Phi) is 8.08. The number of hydrogen-bond acceptors (Lipinski definition) is 6. The van der Waals surface area contributed by atoms with E-state index in [2.05, 4.69) is 19.6 Å². The number of hydrogen-bond donors (Lipinski definition) is 3. The van der Waals surface area contributed by atoms with Gasteiger partial charge in [-0.05, 0) is 42.3 Å². The summed E-state index contributed by atoms with van der Waals surface area (Å²) in [5, 5.41) is 9.57. The number of halogens is 2. The smallest absolute Gasteiger partial charge is 0.307 e. The maximum Gasteiger partial charge on any atom is 0.307 e. The first-order chi connectivity index (χ1) is 20.0. The lowest BCUT2D eigenvalue weighted by Crippen LogP contribution is -2.32. The van der Waals surface area contributed by atoms with Crippen molar-refractivity contribution in [1.82, 2.24) is 19.2 Å². The first kappa shape index (κ1) is 29.3. The summed E-state index contributed by atoms with van der Waals surface area (Å²) in [6.45, 7) is 3.56. The topological polar surface area (TPSA) is 136 Å². The second kappa shape index (κ2) is 11.6. The second-order valence-electron chi connectivity index (χ2n) is 10.2. The number of carboxylic acid groups (broad SMARTS) is 1. The highest BCUT2D eigenvalue weighted by Crippen LogP contribution is 2.30. The van der Waals surface area contributed by atoms with E-state index in [0.717, 1.165) is 34.1 Å². The van der Waals surface area contributed by atoms with Gasteiger partial charge in [-0.1, -0.05) is 31.2 Å². The average Bonchev–Trinajstić information content (AvgIpc) is 3.61. The number of aliphatic carboxylic acids is 1. The third-order valence-electron chi connectivity index (χ3n) is 7.50. The SMILES string of the molecule is CCN(C)S(=O)(=O)Nc1ccc(F)c(C(=O)c2c[nH]c3ncc(-c4ccc(CN5CCC(C(=O)O)C5)cc4)cc23)c1F. The number of nitrogens with one attached hydrogen (secondary N) is 2. The number of benzene rings is 2. The molecule has 1 fully saturated rings. The van der Waals surface area contributed by atoms with Gasteiger partial charge >= 0.3 is 16.2 Å². The van der Waals surface area contributed by atoms with Crippen molar-refractivity contribution >= 4 is 38.7 Å². The second-order valence-corrected chi connectivity index (χ2v) is 12.0. The Hall–Kier alpha value is -4.20. The van der Waals surface area contributed by atoms with Gasteiger partial charge in [-0.2, -0.15) is 12.7 Å². The first-order valence-corrected chi connectivity index (χ1v) is 14.7. The fourth-order valence-electron chi connectivity index (χ4n) is 4.95. The summed E-state index contributed by atoms with van der Waals surface area (Å²) in [5.41, 5.74) is 1.35. The van der Waals surface area contributed by atoms with Crippen molar-refractivity contribution in [2.45, 2.75) is 19.9 Å². The molecule has 42 heavy (non-hydrogen) atoms. The molecule has 13 heteroatoms. The van der Waals surface area contributed by atoms with Crippen molar-refractivity contribution in [3.63, 3.8) is 0 Å². The minimum Gasteiger partial charge on any atom is -0.481 e. The zero-order valence-electron chi connectivity index (χ0n) is 22.9. The lowest BCUT2D eigenvalue weighted by molar-refractivity contribution is -0.141. The number of rotatable bonds is 10. The molecule has 0 saturated carbocycles. The maximum absolute atomic E-state index is 15.4. The molecule has 1 saturated heterocycles. The van der Waals surface area contributed by atoms with Crippen LogP contribution in [0.5, 0.6) is 0 Å². The lowest BCUT2D eigenvalue weighted by Gasteiger charge is -2.17.